The molecule has 1 aromatic heterocycles. The molecular weight excluding hydrogens is 308 g/mol. The number of carbonyl (C=O) groups excluding carboxylic acids is 1. The average Bonchev–Trinajstić information content (AvgIpc) is 3.13. The lowest BCUT2D eigenvalue weighted by Gasteiger charge is -2.33. The van der Waals surface area contributed by atoms with Crippen LogP contribution in [0.5, 0.6) is 0 Å². The highest BCUT2D eigenvalue weighted by Gasteiger charge is 2.24. The molecule has 0 saturated carbocycles. The van der Waals surface area contributed by atoms with Crippen molar-refractivity contribution in [2.45, 2.75) is 44.8 Å². The number of aromatic nitrogens is 1. The fraction of sp³-hybridized carbons (Fsp3) is 0.667. The summed E-state index contributed by atoms with van der Waals surface area (Å²) in [5.74, 6) is 0.575. The summed E-state index contributed by atoms with van der Waals surface area (Å²) in [6.07, 6.45) is 4.85. The van der Waals surface area contributed by atoms with Crippen LogP contribution >= 0.6 is 0 Å². The van der Waals surface area contributed by atoms with Crippen LogP contribution < -0.4 is 4.90 Å². The molecule has 2 saturated heterocycles. The molecule has 2 aliphatic heterocycles. The summed E-state index contributed by atoms with van der Waals surface area (Å²) in [5.41, 5.74) is 1.23. The number of ether oxygens (including phenoxy) is 3. The molecule has 1 unspecified atom stereocenters. The first-order valence-corrected chi connectivity index (χ1v) is 8.71. The highest BCUT2D eigenvalue weighted by Crippen LogP contribution is 2.22. The van der Waals surface area contributed by atoms with E-state index in [4.69, 9.17) is 14.2 Å². The van der Waals surface area contributed by atoms with Crippen molar-refractivity contribution < 1.29 is 19.0 Å². The minimum atomic E-state index is -0.340. The molecule has 0 aliphatic carbocycles. The van der Waals surface area contributed by atoms with Gasteiger partial charge in [0.2, 0.25) is 0 Å². The lowest BCUT2D eigenvalue weighted by Crippen LogP contribution is -2.38. The second kappa shape index (κ2) is 7.94. The first kappa shape index (κ1) is 17.2. The molecule has 6 heteroatoms. The number of anilines is 1. The lowest BCUT2D eigenvalue weighted by atomic mass is 10.1. The average molecular weight is 334 g/mol. The number of aryl methyl sites for hydroxylation is 1. The molecule has 0 amide bonds. The van der Waals surface area contributed by atoms with Crippen LogP contribution in [-0.4, -0.2) is 56.6 Å². The number of hydrogen-bond donors (Lipinski definition) is 0. The van der Waals surface area contributed by atoms with E-state index in [0.717, 1.165) is 57.8 Å². The van der Waals surface area contributed by atoms with Gasteiger partial charge in [0.15, 0.2) is 0 Å². The Morgan fingerprint density at radius 3 is 2.75 bits per heavy atom. The first-order chi connectivity index (χ1) is 11.7. The van der Waals surface area contributed by atoms with Gasteiger partial charge in [0.25, 0.3) is 0 Å². The third-order valence-corrected chi connectivity index (χ3v) is 4.78. The molecule has 1 aromatic rings. The molecule has 0 bridgehead atoms. The number of pyridine rings is 1. The number of esters is 1. The molecule has 2 fully saturated rings. The second-order valence-electron chi connectivity index (χ2n) is 6.45. The van der Waals surface area contributed by atoms with Crippen LogP contribution in [0.4, 0.5) is 5.82 Å². The van der Waals surface area contributed by atoms with Crippen LogP contribution in [0.1, 0.15) is 41.7 Å². The van der Waals surface area contributed by atoms with Crippen molar-refractivity contribution in [1.29, 1.82) is 0 Å². The zero-order valence-corrected chi connectivity index (χ0v) is 14.5. The largest absolute Gasteiger partial charge is 0.465 e. The highest BCUT2D eigenvalue weighted by atomic mass is 16.5. The van der Waals surface area contributed by atoms with Gasteiger partial charge in [-0.1, -0.05) is 0 Å². The highest BCUT2D eigenvalue weighted by molar-refractivity contribution is 5.90. The third-order valence-electron chi connectivity index (χ3n) is 4.78. The Hall–Kier alpha value is -1.66. The number of piperidine rings is 1. The number of hydrogen-bond acceptors (Lipinski definition) is 6. The molecule has 3 heterocycles. The van der Waals surface area contributed by atoms with Gasteiger partial charge in [0, 0.05) is 19.7 Å². The zero-order valence-electron chi connectivity index (χ0n) is 14.5. The van der Waals surface area contributed by atoms with Gasteiger partial charge in [0.05, 0.1) is 37.2 Å². The summed E-state index contributed by atoms with van der Waals surface area (Å²) in [4.78, 5) is 18.5. The Morgan fingerprint density at radius 1 is 1.33 bits per heavy atom. The van der Waals surface area contributed by atoms with Crippen molar-refractivity contribution in [3.05, 3.63) is 23.4 Å². The SMILES string of the molecule is COC(=O)c1ccc(N2CCC(OCC3CCCO3)CC2)nc1C. The summed E-state index contributed by atoms with van der Waals surface area (Å²) in [6, 6.07) is 3.69. The van der Waals surface area contributed by atoms with Gasteiger partial charge < -0.3 is 19.1 Å². The van der Waals surface area contributed by atoms with E-state index in [9.17, 15) is 4.79 Å². The molecule has 2 aliphatic rings. The maximum absolute atomic E-state index is 11.6. The minimum absolute atomic E-state index is 0.290. The quantitative estimate of drug-likeness (QED) is 0.770. The number of carbonyl (C=O) groups is 1. The molecule has 1 atom stereocenters. The Balaban J connectivity index is 1.50. The van der Waals surface area contributed by atoms with E-state index in [1.165, 1.54) is 7.11 Å². The van der Waals surface area contributed by atoms with Gasteiger partial charge in [-0.25, -0.2) is 9.78 Å². The van der Waals surface area contributed by atoms with Crippen LogP contribution in [-0.2, 0) is 14.2 Å². The van der Waals surface area contributed by atoms with E-state index >= 15 is 0 Å². The fourth-order valence-corrected chi connectivity index (χ4v) is 3.32. The van der Waals surface area contributed by atoms with Crippen molar-refractivity contribution in [3.63, 3.8) is 0 Å². The Labute approximate surface area is 143 Å². The molecular formula is C18H26N2O4. The van der Waals surface area contributed by atoms with Crippen molar-refractivity contribution >= 4 is 11.8 Å². The van der Waals surface area contributed by atoms with E-state index in [-0.39, 0.29) is 5.97 Å². The normalized spacial score (nSPS) is 21.9. The van der Waals surface area contributed by atoms with Crippen LogP contribution in [0.3, 0.4) is 0 Å². The summed E-state index contributed by atoms with van der Waals surface area (Å²) in [6.45, 7) is 5.27. The fourth-order valence-electron chi connectivity index (χ4n) is 3.32. The van der Waals surface area contributed by atoms with Crippen molar-refractivity contribution in [2.75, 3.05) is 38.3 Å². The molecule has 132 valence electrons. The zero-order chi connectivity index (χ0) is 16.9. The topological polar surface area (TPSA) is 60.9 Å². The van der Waals surface area contributed by atoms with Gasteiger partial charge in [-0.15, -0.1) is 0 Å². The molecule has 0 aromatic carbocycles. The molecule has 0 radical (unpaired) electrons. The van der Waals surface area contributed by atoms with Crippen molar-refractivity contribution in [2.24, 2.45) is 0 Å². The van der Waals surface area contributed by atoms with Crippen LogP contribution in [0, 0.1) is 6.92 Å². The number of nitrogens with zero attached hydrogens (tertiary/aromatic N) is 2. The molecule has 3 rings (SSSR count). The van der Waals surface area contributed by atoms with Gasteiger partial charge in [0.1, 0.15) is 5.82 Å². The second-order valence-corrected chi connectivity index (χ2v) is 6.45. The summed E-state index contributed by atoms with van der Waals surface area (Å²) in [5, 5.41) is 0. The Bertz CT molecular complexity index is 564. The van der Waals surface area contributed by atoms with Crippen molar-refractivity contribution in [3.8, 4) is 0 Å². The maximum Gasteiger partial charge on any atom is 0.339 e. The van der Waals surface area contributed by atoms with E-state index in [0.29, 0.717) is 23.5 Å². The van der Waals surface area contributed by atoms with Gasteiger partial charge >= 0.3 is 5.97 Å². The van der Waals surface area contributed by atoms with E-state index in [1.54, 1.807) is 6.07 Å². The molecule has 24 heavy (non-hydrogen) atoms. The van der Waals surface area contributed by atoms with Gasteiger partial charge in [-0.3, -0.25) is 0 Å². The van der Waals surface area contributed by atoms with E-state index < -0.39 is 0 Å². The minimum Gasteiger partial charge on any atom is -0.465 e. The number of methoxy groups -OCH3 is 1. The van der Waals surface area contributed by atoms with Crippen LogP contribution in [0.25, 0.3) is 0 Å². The molecule has 0 N–H and O–H groups in total. The molecule has 0 spiro atoms. The Morgan fingerprint density at radius 2 is 2.12 bits per heavy atom. The van der Waals surface area contributed by atoms with Gasteiger partial charge in [-0.2, -0.15) is 0 Å². The summed E-state index contributed by atoms with van der Waals surface area (Å²) in [7, 11) is 1.39. The number of rotatable bonds is 5. The molecule has 6 nitrogen and oxygen atoms in total. The first-order valence-electron chi connectivity index (χ1n) is 8.71. The van der Waals surface area contributed by atoms with Crippen molar-refractivity contribution in [1.82, 2.24) is 4.98 Å². The predicted octanol–water partition coefficient (Wildman–Crippen LogP) is 2.34. The van der Waals surface area contributed by atoms with E-state index in [1.807, 2.05) is 13.0 Å². The van der Waals surface area contributed by atoms with E-state index in [2.05, 4.69) is 9.88 Å². The third kappa shape index (κ3) is 4.05. The summed E-state index contributed by atoms with van der Waals surface area (Å²) < 4.78 is 16.4. The maximum atomic E-state index is 11.6. The van der Waals surface area contributed by atoms with Gasteiger partial charge in [-0.05, 0) is 44.7 Å². The van der Waals surface area contributed by atoms with Crippen LogP contribution in [0.15, 0.2) is 12.1 Å². The monoisotopic (exact) mass is 334 g/mol. The standard InChI is InChI=1S/C18H26N2O4/c1-13-16(18(21)22-2)5-6-17(19-13)20-9-7-14(8-10-20)24-12-15-4-3-11-23-15/h5-6,14-15H,3-4,7-12H2,1-2H3. The van der Waals surface area contributed by atoms with Crippen LogP contribution in [0.2, 0.25) is 0 Å². The Kier molecular flexibility index (Phi) is 5.68. The smallest absolute Gasteiger partial charge is 0.339 e. The lowest BCUT2D eigenvalue weighted by molar-refractivity contribution is -0.0280. The summed E-state index contributed by atoms with van der Waals surface area (Å²) >= 11 is 0. The predicted molar refractivity (Wildman–Crippen MR) is 90.5 cm³/mol.